The van der Waals surface area contributed by atoms with Crippen molar-refractivity contribution in [1.82, 2.24) is 5.32 Å². The van der Waals surface area contributed by atoms with Gasteiger partial charge in [0.1, 0.15) is 11.8 Å². The van der Waals surface area contributed by atoms with Gasteiger partial charge in [-0.25, -0.2) is 0 Å². The Balaban J connectivity index is 2.02. The summed E-state index contributed by atoms with van der Waals surface area (Å²) in [5.74, 6) is 0.313. The van der Waals surface area contributed by atoms with Gasteiger partial charge in [-0.15, -0.1) is 0 Å². The monoisotopic (exact) mass is 274 g/mol. The maximum Gasteiger partial charge on any atom is 0.255 e. The Hall–Kier alpha value is -1.81. The second-order valence-electron chi connectivity index (χ2n) is 5.10. The Morgan fingerprint density at radius 2 is 2.00 bits per heavy atom. The maximum atomic E-state index is 12.2. The van der Waals surface area contributed by atoms with Gasteiger partial charge < -0.3 is 15.5 Å². The number of carbonyl (C=O) groups excluding carboxylic acids is 1. The first-order valence-corrected chi connectivity index (χ1v) is 7.17. The molecule has 1 heterocycles. The average Bonchev–Trinajstić information content (AvgIpc) is 2.90. The molecule has 0 aliphatic rings. The lowest BCUT2D eigenvalue weighted by molar-refractivity contribution is 0.0948. The molecule has 1 unspecified atom stereocenters. The van der Waals surface area contributed by atoms with Gasteiger partial charge >= 0.3 is 0 Å². The lowest BCUT2D eigenvalue weighted by Gasteiger charge is -2.21. The summed E-state index contributed by atoms with van der Waals surface area (Å²) in [6.45, 7) is 4.74. The number of benzene rings is 1. The maximum absolute atomic E-state index is 12.2. The summed E-state index contributed by atoms with van der Waals surface area (Å²) in [4.78, 5) is 12.2. The Bertz CT molecular complexity index is 573. The van der Waals surface area contributed by atoms with E-state index < -0.39 is 0 Å². The number of carbonyl (C=O) groups is 1. The van der Waals surface area contributed by atoms with Crippen molar-refractivity contribution in [3.8, 4) is 0 Å². The third-order valence-corrected chi connectivity index (χ3v) is 3.88. The van der Waals surface area contributed by atoms with E-state index in [-0.39, 0.29) is 11.9 Å². The lowest BCUT2D eigenvalue weighted by Crippen LogP contribution is -2.41. The zero-order valence-corrected chi connectivity index (χ0v) is 12.1. The number of fused-ring (bicyclic) bond motifs is 1. The van der Waals surface area contributed by atoms with E-state index in [0.717, 1.165) is 23.8 Å². The Morgan fingerprint density at radius 3 is 2.70 bits per heavy atom. The van der Waals surface area contributed by atoms with Crippen LogP contribution in [0.5, 0.6) is 0 Å². The van der Waals surface area contributed by atoms with Crippen LogP contribution in [0, 0.1) is 5.92 Å². The summed E-state index contributed by atoms with van der Waals surface area (Å²) in [6.07, 6.45) is 3.56. The van der Waals surface area contributed by atoms with E-state index in [4.69, 9.17) is 10.2 Å². The van der Waals surface area contributed by atoms with E-state index in [1.54, 1.807) is 0 Å². The molecule has 0 aliphatic carbocycles. The van der Waals surface area contributed by atoms with E-state index >= 15 is 0 Å². The quantitative estimate of drug-likeness (QED) is 0.851. The van der Waals surface area contributed by atoms with Crippen molar-refractivity contribution in [2.24, 2.45) is 11.7 Å². The van der Waals surface area contributed by atoms with Gasteiger partial charge in [-0.2, -0.15) is 0 Å². The number of para-hydroxylation sites is 1. The lowest BCUT2D eigenvalue weighted by atomic mass is 9.95. The largest absolute Gasteiger partial charge is 0.463 e. The molecule has 0 aliphatic heterocycles. The number of furan rings is 1. The van der Waals surface area contributed by atoms with Crippen molar-refractivity contribution in [3.05, 3.63) is 36.1 Å². The van der Waals surface area contributed by atoms with E-state index in [0.29, 0.717) is 18.0 Å². The third kappa shape index (κ3) is 3.02. The molecule has 0 radical (unpaired) electrons. The number of rotatable bonds is 6. The zero-order chi connectivity index (χ0) is 14.5. The molecule has 0 bridgehead atoms. The number of amides is 1. The normalized spacial score (nSPS) is 12.8. The molecule has 2 aromatic rings. The molecule has 1 amide bonds. The van der Waals surface area contributed by atoms with Crippen LogP contribution < -0.4 is 11.1 Å². The molecule has 4 heteroatoms. The van der Waals surface area contributed by atoms with Gasteiger partial charge in [0.25, 0.3) is 5.91 Å². The number of hydrogen-bond donors (Lipinski definition) is 2. The second-order valence-corrected chi connectivity index (χ2v) is 5.10. The molecule has 1 aromatic heterocycles. The molecule has 0 saturated heterocycles. The average molecular weight is 274 g/mol. The molecular formula is C16H22N2O2. The van der Waals surface area contributed by atoms with Crippen LogP contribution in [0.15, 0.2) is 34.9 Å². The Kier molecular flexibility index (Phi) is 4.79. The SMILES string of the molecule is CCC(CC)C(N)CNC(=O)c1coc2ccccc12. The molecule has 108 valence electrons. The summed E-state index contributed by atoms with van der Waals surface area (Å²) >= 11 is 0. The summed E-state index contributed by atoms with van der Waals surface area (Å²) < 4.78 is 5.37. The highest BCUT2D eigenvalue weighted by Crippen LogP contribution is 2.20. The van der Waals surface area contributed by atoms with Crippen molar-refractivity contribution in [1.29, 1.82) is 0 Å². The fourth-order valence-electron chi connectivity index (χ4n) is 2.52. The van der Waals surface area contributed by atoms with E-state index in [9.17, 15) is 4.79 Å². The zero-order valence-electron chi connectivity index (χ0n) is 12.1. The molecule has 0 saturated carbocycles. The van der Waals surface area contributed by atoms with Crippen LogP contribution >= 0.6 is 0 Å². The molecule has 2 rings (SSSR count). The molecule has 20 heavy (non-hydrogen) atoms. The van der Waals surface area contributed by atoms with Crippen LogP contribution in [0.3, 0.4) is 0 Å². The van der Waals surface area contributed by atoms with Crippen molar-refractivity contribution in [3.63, 3.8) is 0 Å². The molecule has 1 aromatic carbocycles. The number of nitrogens with one attached hydrogen (secondary N) is 1. The van der Waals surface area contributed by atoms with Crippen molar-refractivity contribution in [2.45, 2.75) is 32.7 Å². The second kappa shape index (κ2) is 6.57. The van der Waals surface area contributed by atoms with Gasteiger partial charge in [-0.3, -0.25) is 4.79 Å². The third-order valence-electron chi connectivity index (χ3n) is 3.88. The number of nitrogens with two attached hydrogens (primary N) is 1. The highest BCUT2D eigenvalue weighted by molar-refractivity contribution is 6.05. The minimum atomic E-state index is -0.128. The van der Waals surface area contributed by atoms with Crippen LogP contribution in [0.2, 0.25) is 0 Å². The molecule has 0 fully saturated rings. The van der Waals surface area contributed by atoms with Crippen LogP contribution in [-0.2, 0) is 0 Å². The van der Waals surface area contributed by atoms with E-state index in [1.165, 1.54) is 6.26 Å². The summed E-state index contributed by atoms with van der Waals surface area (Å²) in [5.41, 5.74) is 7.41. The van der Waals surface area contributed by atoms with Crippen LogP contribution in [-0.4, -0.2) is 18.5 Å². The van der Waals surface area contributed by atoms with Gasteiger partial charge in [0, 0.05) is 18.0 Å². The molecule has 1 atom stereocenters. The topological polar surface area (TPSA) is 68.3 Å². The van der Waals surface area contributed by atoms with Crippen LogP contribution in [0.25, 0.3) is 11.0 Å². The minimum Gasteiger partial charge on any atom is -0.463 e. The van der Waals surface area contributed by atoms with Crippen molar-refractivity contribution in [2.75, 3.05) is 6.54 Å². The molecule has 3 N–H and O–H groups in total. The van der Waals surface area contributed by atoms with Gasteiger partial charge in [0.05, 0.1) is 5.56 Å². The predicted octanol–water partition coefficient (Wildman–Crippen LogP) is 2.93. The van der Waals surface area contributed by atoms with Crippen LogP contribution in [0.1, 0.15) is 37.0 Å². The van der Waals surface area contributed by atoms with Gasteiger partial charge in [0.15, 0.2) is 0 Å². The fraction of sp³-hybridized carbons (Fsp3) is 0.438. The van der Waals surface area contributed by atoms with Crippen molar-refractivity contribution < 1.29 is 9.21 Å². The highest BCUT2D eigenvalue weighted by Gasteiger charge is 2.17. The van der Waals surface area contributed by atoms with Gasteiger partial charge in [0.2, 0.25) is 0 Å². The van der Waals surface area contributed by atoms with E-state index in [1.807, 2.05) is 24.3 Å². The summed E-state index contributed by atoms with van der Waals surface area (Å²) in [6, 6.07) is 7.50. The van der Waals surface area contributed by atoms with Crippen molar-refractivity contribution >= 4 is 16.9 Å². The highest BCUT2D eigenvalue weighted by atomic mass is 16.3. The Morgan fingerprint density at radius 1 is 1.30 bits per heavy atom. The predicted molar refractivity (Wildman–Crippen MR) is 80.6 cm³/mol. The Labute approximate surface area is 119 Å². The van der Waals surface area contributed by atoms with Crippen LogP contribution in [0.4, 0.5) is 0 Å². The standard InChI is InChI=1S/C16H22N2O2/c1-3-11(4-2)14(17)9-18-16(19)13-10-20-15-8-6-5-7-12(13)15/h5-8,10-11,14H,3-4,9,17H2,1-2H3,(H,18,19). The summed E-state index contributed by atoms with van der Waals surface area (Å²) in [5, 5.41) is 3.74. The smallest absolute Gasteiger partial charge is 0.255 e. The van der Waals surface area contributed by atoms with Gasteiger partial charge in [-0.1, -0.05) is 44.9 Å². The number of hydrogen-bond acceptors (Lipinski definition) is 3. The minimum absolute atomic E-state index is 0.00730. The fourth-order valence-corrected chi connectivity index (χ4v) is 2.52. The molecule has 0 spiro atoms. The first-order valence-electron chi connectivity index (χ1n) is 7.17. The first kappa shape index (κ1) is 14.6. The van der Waals surface area contributed by atoms with E-state index in [2.05, 4.69) is 19.2 Å². The first-order chi connectivity index (χ1) is 9.67. The van der Waals surface area contributed by atoms with Gasteiger partial charge in [-0.05, 0) is 12.0 Å². The summed E-state index contributed by atoms with van der Waals surface area (Å²) in [7, 11) is 0. The molecular weight excluding hydrogens is 252 g/mol. The molecule has 4 nitrogen and oxygen atoms in total.